The summed E-state index contributed by atoms with van der Waals surface area (Å²) in [4.78, 5) is 25.1. The van der Waals surface area contributed by atoms with Crippen LogP contribution in [0.25, 0.3) is 0 Å². The molecule has 0 aliphatic heterocycles. The van der Waals surface area contributed by atoms with Gasteiger partial charge in [0, 0.05) is 31.8 Å². The van der Waals surface area contributed by atoms with Crippen LogP contribution in [0.5, 0.6) is 0 Å². The van der Waals surface area contributed by atoms with Gasteiger partial charge in [0.15, 0.2) is 0 Å². The maximum absolute atomic E-state index is 12.4. The molecular weight excluding hydrogens is 264 g/mol. The number of hydrogen-bond donors (Lipinski definition) is 1. The van der Waals surface area contributed by atoms with Crippen molar-refractivity contribution in [3.63, 3.8) is 0 Å². The molecule has 0 saturated heterocycles. The number of carbonyl (C=O) groups is 2. The fourth-order valence-electron chi connectivity index (χ4n) is 2.08. The molecule has 2 amide bonds. The molecule has 21 heavy (non-hydrogen) atoms. The predicted octanol–water partition coefficient (Wildman–Crippen LogP) is 2.92. The van der Waals surface area contributed by atoms with Gasteiger partial charge < -0.3 is 10.2 Å². The highest BCUT2D eigenvalue weighted by molar-refractivity contribution is 5.96. The predicted molar refractivity (Wildman–Crippen MR) is 83.0 cm³/mol. The third-order valence-electron chi connectivity index (χ3n) is 3.04. The number of anilines is 1. The quantitative estimate of drug-likeness (QED) is 0.937. The van der Waals surface area contributed by atoms with Gasteiger partial charge in [-0.15, -0.1) is 0 Å². The maximum Gasteiger partial charge on any atom is 0.253 e. The Kier molecular flexibility index (Phi) is 4.72. The van der Waals surface area contributed by atoms with Crippen LogP contribution in [-0.4, -0.2) is 23.8 Å². The van der Waals surface area contributed by atoms with E-state index in [4.69, 9.17) is 0 Å². The van der Waals surface area contributed by atoms with Crippen molar-refractivity contribution in [3.8, 4) is 0 Å². The minimum absolute atomic E-state index is 0.0777. The molecular formula is C17H18N2O2. The van der Waals surface area contributed by atoms with Crippen molar-refractivity contribution in [2.45, 2.75) is 13.5 Å². The van der Waals surface area contributed by atoms with Crippen molar-refractivity contribution in [2.75, 3.05) is 12.4 Å². The van der Waals surface area contributed by atoms with Crippen molar-refractivity contribution >= 4 is 17.5 Å². The van der Waals surface area contributed by atoms with Gasteiger partial charge in [-0.25, -0.2) is 0 Å². The van der Waals surface area contributed by atoms with Crippen LogP contribution in [0, 0.1) is 0 Å². The van der Waals surface area contributed by atoms with E-state index in [0.29, 0.717) is 17.8 Å². The average molecular weight is 282 g/mol. The van der Waals surface area contributed by atoms with Gasteiger partial charge in [0.05, 0.1) is 0 Å². The summed E-state index contributed by atoms with van der Waals surface area (Å²) < 4.78 is 0. The Morgan fingerprint density at radius 3 is 2.43 bits per heavy atom. The summed E-state index contributed by atoms with van der Waals surface area (Å²) >= 11 is 0. The maximum atomic E-state index is 12.4. The second kappa shape index (κ2) is 6.70. The van der Waals surface area contributed by atoms with Gasteiger partial charge >= 0.3 is 0 Å². The summed E-state index contributed by atoms with van der Waals surface area (Å²) in [5.41, 5.74) is 2.26. The number of amides is 2. The lowest BCUT2D eigenvalue weighted by atomic mass is 10.1. The minimum Gasteiger partial charge on any atom is -0.337 e. The number of benzene rings is 2. The monoisotopic (exact) mass is 282 g/mol. The summed E-state index contributed by atoms with van der Waals surface area (Å²) in [5, 5.41) is 2.68. The standard InChI is InChI=1S/C17H18N2O2/c1-13(20)18-16-10-6-9-15(11-16)17(21)19(2)12-14-7-4-3-5-8-14/h3-11H,12H2,1-2H3,(H,18,20). The Balaban J connectivity index is 2.10. The summed E-state index contributed by atoms with van der Waals surface area (Å²) in [5.74, 6) is -0.233. The van der Waals surface area contributed by atoms with E-state index in [1.165, 1.54) is 6.92 Å². The zero-order valence-electron chi connectivity index (χ0n) is 12.2. The van der Waals surface area contributed by atoms with Gasteiger partial charge in [-0.2, -0.15) is 0 Å². The van der Waals surface area contributed by atoms with Crippen LogP contribution in [0.1, 0.15) is 22.8 Å². The molecule has 0 aliphatic carbocycles. The van der Waals surface area contributed by atoms with Crippen LogP contribution < -0.4 is 5.32 Å². The van der Waals surface area contributed by atoms with Crippen molar-refractivity contribution in [2.24, 2.45) is 0 Å². The van der Waals surface area contributed by atoms with E-state index < -0.39 is 0 Å². The number of hydrogen-bond acceptors (Lipinski definition) is 2. The van der Waals surface area contributed by atoms with E-state index in [1.807, 2.05) is 30.3 Å². The average Bonchev–Trinajstić information content (AvgIpc) is 2.47. The van der Waals surface area contributed by atoms with Gasteiger partial charge in [-0.05, 0) is 23.8 Å². The highest BCUT2D eigenvalue weighted by Crippen LogP contribution is 2.13. The fourth-order valence-corrected chi connectivity index (χ4v) is 2.08. The molecule has 0 unspecified atom stereocenters. The molecule has 0 radical (unpaired) electrons. The normalized spacial score (nSPS) is 10.0. The van der Waals surface area contributed by atoms with Gasteiger partial charge in [0.1, 0.15) is 0 Å². The molecule has 2 aromatic rings. The molecule has 0 heterocycles. The summed E-state index contributed by atoms with van der Waals surface area (Å²) in [6.45, 7) is 1.99. The fraction of sp³-hybridized carbons (Fsp3) is 0.176. The minimum atomic E-state index is -0.155. The molecule has 4 heteroatoms. The number of carbonyl (C=O) groups excluding carboxylic acids is 2. The number of nitrogens with one attached hydrogen (secondary N) is 1. The largest absolute Gasteiger partial charge is 0.337 e. The van der Waals surface area contributed by atoms with Gasteiger partial charge in [0.2, 0.25) is 5.91 Å². The van der Waals surface area contributed by atoms with Crippen LogP contribution >= 0.6 is 0 Å². The smallest absolute Gasteiger partial charge is 0.253 e. The zero-order chi connectivity index (χ0) is 15.2. The first-order valence-electron chi connectivity index (χ1n) is 6.73. The van der Waals surface area contributed by atoms with E-state index in [1.54, 1.807) is 36.2 Å². The van der Waals surface area contributed by atoms with E-state index in [9.17, 15) is 9.59 Å². The van der Waals surface area contributed by atoms with E-state index in [-0.39, 0.29) is 11.8 Å². The summed E-state index contributed by atoms with van der Waals surface area (Å²) in [6.07, 6.45) is 0. The lowest BCUT2D eigenvalue weighted by molar-refractivity contribution is -0.114. The molecule has 0 spiro atoms. The Bertz CT molecular complexity index is 638. The second-order valence-electron chi connectivity index (χ2n) is 4.91. The molecule has 0 aliphatic rings. The Morgan fingerprint density at radius 1 is 1.05 bits per heavy atom. The molecule has 2 rings (SSSR count). The topological polar surface area (TPSA) is 49.4 Å². The highest BCUT2D eigenvalue weighted by atomic mass is 16.2. The molecule has 4 nitrogen and oxygen atoms in total. The SMILES string of the molecule is CC(=O)Nc1cccc(C(=O)N(C)Cc2ccccc2)c1. The summed E-state index contributed by atoms with van der Waals surface area (Å²) in [6, 6.07) is 16.8. The first-order valence-corrected chi connectivity index (χ1v) is 6.73. The lowest BCUT2D eigenvalue weighted by Gasteiger charge is -2.17. The highest BCUT2D eigenvalue weighted by Gasteiger charge is 2.12. The molecule has 0 atom stereocenters. The molecule has 1 N–H and O–H groups in total. The first-order chi connectivity index (χ1) is 10.1. The van der Waals surface area contributed by atoms with Crippen molar-refractivity contribution in [1.29, 1.82) is 0 Å². The van der Waals surface area contributed by atoms with Crippen LogP contribution in [0.3, 0.4) is 0 Å². The zero-order valence-corrected chi connectivity index (χ0v) is 12.2. The molecule has 0 bridgehead atoms. The number of nitrogens with zero attached hydrogens (tertiary/aromatic N) is 1. The molecule has 0 fully saturated rings. The molecule has 0 saturated carbocycles. The first kappa shape index (κ1) is 14.8. The van der Waals surface area contributed by atoms with E-state index in [2.05, 4.69) is 5.32 Å². The van der Waals surface area contributed by atoms with Gasteiger partial charge in [-0.3, -0.25) is 9.59 Å². The third kappa shape index (κ3) is 4.18. The number of rotatable bonds is 4. The van der Waals surface area contributed by atoms with Crippen LogP contribution in [0.15, 0.2) is 54.6 Å². The molecule has 108 valence electrons. The molecule has 0 aromatic heterocycles. The van der Waals surface area contributed by atoms with Crippen LogP contribution in [0.2, 0.25) is 0 Å². The van der Waals surface area contributed by atoms with Crippen molar-refractivity contribution in [1.82, 2.24) is 4.90 Å². The lowest BCUT2D eigenvalue weighted by Crippen LogP contribution is -2.26. The van der Waals surface area contributed by atoms with E-state index in [0.717, 1.165) is 5.56 Å². The Morgan fingerprint density at radius 2 is 1.76 bits per heavy atom. The van der Waals surface area contributed by atoms with Gasteiger partial charge in [0.25, 0.3) is 5.91 Å². The van der Waals surface area contributed by atoms with Crippen LogP contribution in [0.4, 0.5) is 5.69 Å². The van der Waals surface area contributed by atoms with Crippen molar-refractivity contribution in [3.05, 3.63) is 65.7 Å². The molecule has 2 aromatic carbocycles. The Hall–Kier alpha value is -2.62. The Labute approximate surface area is 124 Å². The van der Waals surface area contributed by atoms with Gasteiger partial charge in [-0.1, -0.05) is 36.4 Å². The second-order valence-corrected chi connectivity index (χ2v) is 4.91. The van der Waals surface area contributed by atoms with Crippen molar-refractivity contribution < 1.29 is 9.59 Å². The van der Waals surface area contributed by atoms with E-state index >= 15 is 0 Å². The third-order valence-corrected chi connectivity index (χ3v) is 3.04. The summed E-state index contributed by atoms with van der Waals surface area (Å²) in [7, 11) is 1.76. The van der Waals surface area contributed by atoms with Crippen LogP contribution in [-0.2, 0) is 11.3 Å².